The van der Waals surface area contributed by atoms with E-state index >= 15 is 0 Å². The van der Waals surface area contributed by atoms with E-state index in [0.717, 1.165) is 23.6 Å². The highest BCUT2D eigenvalue weighted by Gasteiger charge is 2.50. The van der Waals surface area contributed by atoms with Gasteiger partial charge >= 0.3 is 0 Å². The highest BCUT2D eigenvalue weighted by molar-refractivity contribution is 8.00. The van der Waals surface area contributed by atoms with Crippen LogP contribution in [0.25, 0.3) is 0 Å². The molecule has 1 saturated heterocycles. The van der Waals surface area contributed by atoms with Gasteiger partial charge in [0.25, 0.3) is 0 Å². The van der Waals surface area contributed by atoms with E-state index in [1.807, 2.05) is 0 Å². The van der Waals surface area contributed by atoms with Crippen molar-refractivity contribution >= 4 is 11.8 Å². The average molecular weight is 157 g/mol. The Morgan fingerprint density at radius 1 is 1.50 bits per heavy atom. The van der Waals surface area contributed by atoms with Crippen molar-refractivity contribution < 1.29 is 0 Å². The van der Waals surface area contributed by atoms with Crippen LogP contribution < -0.4 is 5.73 Å². The lowest BCUT2D eigenvalue weighted by molar-refractivity contribution is 0.607. The summed E-state index contributed by atoms with van der Waals surface area (Å²) >= 11 is 2.18. The maximum absolute atomic E-state index is 5.51. The van der Waals surface area contributed by atoms with Crippen LogP contribution >= 0.6 is 11.8 Å². The monoisotopic (exact) mass is 157 g/mol. The van der Waals surface area contributed by atoms with Gasteiger partial charge in [-0.05, 0) is 43.4 Å². The highest BCUT2D eigenvalue weighted by atomic mass is 32.2. The summed E-state index contributed by atoms with van der Waals surface area (Å²) in [5.74, 6) is 3.49. The summed E-state index contributed by atoms with van der Waals surface area (Å²) in [5, 5.41) is 1.03. The Bertz CT molecular complexity index is 114. The molecule has 3 atom stereocenters. The molecule has 1 saturated carbocycles. The summed E-state index contributed by atoms with van der Waals surface area (Å²) in [6, 6.07) is 0. The fourth-order valence-corrected chi connectivity index (χ4v) is 3.83. The topological polar surface area (TPSA) is 26.0 Å². The van der Waals surface area contributed by atoms with Crippen LogP contribution in [0.1, 0.15) is 19.3 Å². The molecule has 1 unspecified atom stereocenters. The number of thioether (sulfide) groups is 1. The van der Waals surface area contributed by atoms with Crippen molar-refractivity contribution in [2.24, 2.45) is 17.6 Å². The predicted octanol–water partition coefficient (Wildman–Crippen LogP) is 1.48. The third-order valence-electron chi connectivity index (χ3n) is 2.75. The van der Waals surface area contributed by atoms with Gasteiger partial charge in [0.2, 0.25) is 0 Å². The second kappa shape index (κ2) is 2.74. The SMILES string of the molecule is NCCC1[C@H]2CCCS[C@@H]12. The Labute approximate surface area is 66.7 Å². The lowest BCUT2D eigenvalue weighted by Gasteiger charge is -2.05. The second-order valence-corrected chi connectivity index (χ2v) is 4.67. The smallest absolute Gasteiger partial charge is 0.0110 e. The molecule has 2 fully saturated rings. The zero-order valence-corrected chi connectivity index (χ0v) is 7.07. The van der Waals surface area contributed by atoms with Crippen LogP contribution in [0.2, 0.25) is 0 Å². The molecule has 10 heavy (non-hydrogen) atoms. The first-order chi connectivity index (χ1) is 4.93. The van der Waals surface area contributed by atoms with Crippen LogP contribution in [0.5, 0.6) is 0 Å². The van der Waals surface area contributed by atoms with E-state index in [0.29, 0.717) is 0 Å². The van der Waals surface area contributed by atoms with E-state index in [4.69, 9.17) is 5.73 Å². The molecule has 2 heteroatoms. The van der Waals surface area contributed by atoms with E-state index in [9.17, 15) is 0 Å². The Hall–Kier alpha value is 0.310. The molecule has 2 aliphatic rings. The van der Waals surface area contributed by atoms with Crippen LogP contribution in [0, 0.1) is 11.8 Å². The van der Waals surface area contributed by atoms with Gasteiger partial charge in [-0.3, -0.25) is 0 Å². The molecule has 1 aliphatic heterocycles. The fraction of sp³-hybridized carbons (Fsp3) is 1.00. The van der Waals surface area contributed by atoms with Crippen molar-refractivity contribution in [2.45, 2.75) is 24.5 Å². The molecule has 0 aromatic heterocycles. The molecule has 1 aliphatic carbocycles. The van der Waals surface area contributed by atoms with Gasteiger partial charge < -0.3 is 5.73 Å². The molecule has 0 bridgehead atoms. The van der Waals surface area contributed by atoms with Crippen molar-refractivity contribution in [3.63, 3.8) is 0 Å². The van der Waals surface area contributed by atoms with Gasteiger partial charge in [0, 0.05) is 5.25 Å². The Morgan fingerprint density at radius 2 is 2.40 bits per heavy atom. The summed E-state index contributed by atoms with van der Waals surface area (Å²) in [5.41, 5.74) is 5.51. The highest BCUT2D eigenvalue weighted by Crippen LogP contribution is 2.55. The molecule has 1 nitrogen and oxygen atoms in total. The van der Waals surface area contributed by atoms with Gasteiger partial charge in [-0.15, -0.1) is 0 Å². The first kappa shape index (κ1) is 6.99. The summed E-state index contributed by atoms with van der Waals surface area (Å²) < 4.78 is 0. The summed E-state index contributed by atoms with van der Waals surface area (Å²) in [7, 11) is 0. The molecule has 0 amide bonds. The van der Waals surface area contributed by atoms with E-state index in [1.54, 1.807) is 0 Å². The quantitative estimate of drug-likeness (QED) is 0.657. The van der Waals surface area contributed by atoms with Crippen molar-refractivity contribution in [2.75, 3.05) is 12.3 Å². The molecule has 1 heterocycles. The van der Waals surface area contributed by atoms with Gasteiger partial charge in [-0.2, -0.15) is 11.8 Å². The standard InChI is InChI=1S/C8H15NS/c9-4-3-7-6-2-1-5-10-8(6)7/h6-8H,1-5,9H2/t6-,7?,8-/m1/s1. The number of rotatable bonds is 2. The van der Waals surface area contributed by atoms with Gasteiger partial charge in [0.15, 0.2) is 0 Å². The lowest BCUT2D eigenvalue weighted by atomic mass is 10.1. The zero-order valence-electron chi connectivity index (χ0n) is 6.25. The van der Waals surface area contributed by atoms with Crippen LogP contribution in [0.15, 0.2) is 0 Å². The number of fused-ring (bicyclic) bond motifs is 1. The van der Waals surface area contributed by atoms with Crippen LogP contribution in [0.4, 0.5) is 0 Å². The third kappa shape index (κ3) is 1.08. The minimum absolute atomic E-state index is 0.901. The zero-order chi connectivity index (χ0) is 6.97. The fourth-order valence-electron chi connectivity index (χ4n) is 2.14. The number of hydrogen-bond acceptors (Lipinski definition) is 2. The third-order valence-corrected chi connectivity index (χ3v) is 4.35. The van der Waals surface area contributed by atoms with Gasteiger partial charge in [0.1, 0.15) is 0 Å². The average Bonchev–Trinajstić information content (AvgIpc) is 2.66. The van der Waals surface area contributed by atoms with Crippen molar-refractivity contribution in [1.29, 1.82) is 0 Å². The Balaban J connectivity index is 1.82. The molecule has 2 rings (SSSR count). The minimum Gasteiger partial charge on any atom is -0.330 e. The molecule has 0 aromatic rings. The summed E-state index contributed by atoms with van der Waals surface area (Å²) in [6.07, 6.45) is 4.22. The molecule has 0 aromatic carbocycles. The van der Waals surface area contributed by atoms with Crippen LogP contribution in [0.3, 0.4) is 0 Å². The van der Waals surface area contributed by atoms with Gasteiger partial charge in [0.05, 0.1) is 0 Å². The Kier molecular flexibility index (Phi) is 1.92. The molecule has 0 spiro atoms. The van der Waals surface area contributed by atoms with Crippen LogP contribution in [-0.2, 0) is 0 Å². The summed E-state index contributed by atoms with van der Waals surface area (Å²) in [4.78, 5) is 0. The van der Waals surface area contributed by atoms with Crippen molar-refractivity contribution in [1.82, 2.24) is 0 Å². The Morgan fingerprint density at radius 3 is 3.00 bits per heavy atom. The summed E-state index contributed by atoms with van der Waals surface area (Å²) in [6.45, 7) is 0.901. The molecular weight excluding hydrogens is 142 g/mol. The second-order valence-electron chi connectivity index (χ2n) is 3.38. The number of hydrogen-bond donors (Lipinski definition) is 1. The van der Waals surface area contributed by atoms with Gasteiger partial charge in [-0.25, -0.2) is 0 Å². The first-order valence-electron chi connectivity index (χ1n) is 4.25. The van der Waals surface area contributed by atoms with E-state index in [-0.39, 0.29) is 0 Å². The normalized spacial score (nSPS) is 44.7. The molecule has 2 N–H and O–H groups in total. The number of nitrogens with two attached hydrogens (primary N) is 1. The molecular formula is C8H15NS. The maximum Gasteiger partial charge on any atom is 0.0110 e. The van der Waals surface area contributed by atoms with E-state index in [2.05, 4.69) is 11.8 Å². The van der Waals surface area contributed by atoms with Crippen molar-refractivity contribution in [3.8, 4) is 0 Å². The van der Waals surface area contributed by atoms with Gasteiger partial charge in [-0.1, -0.05) is 0 Å². The van der Waals surface area contributed by atoms with Crippen molar-refractivity contribution in [3.05, 3.63) is 0 Å². The van der Waals surface area contributed by atoms with Crippen LogP contribution in [-0.4, -0.2) is 17.5 Å². The predicted molar refractivity (Wildman–Crippen MR) is 46.1 cm³/mol. The maximum atomic E-state index is 5.51. The first-order valence-corrected chi connectivity index (χ1v) is 5.30. The minimum atomic E-state index is 0.901. The largest absolute Gasteiger partial charge is 0.330 e. The van der Waals surface area contributed by atoms with E-state index in [1.165, 1.54) is 25.0 Å². The molecule has 0 radical (unpaired) electrons. The lowest BCUT2D eigenvalue weighted by Crippen LogP contribution is -2.00. The van der Waals surface area contributed by atoms with E-state index < -0.39 is 0 Å². The molecule has 58 valence electrons.